The maximum Gasteiger partial charge on any atom is 0.343 e. The third-order valence-electron chi connectivity index (χ3n) is 5.65. The number of hydrogen-bond donors (Lipinski definition) is 0. The molecule has 6 heteroatoms. The Labute approximate surface area is 224 Å². The zero-order chi connectivity index (χ0) is 26.3. The van der Waals surface area contributed by atoms with Crippen molar-refractivity contribution in [2.24, 2.45) is 0 Å². The minimum Gasteiger partial charge on any atom is -0.494 e. The van der Waals surface area contributed by atoms with Crippen LogP contribution in [0.2, 0.25) is 5.02 Å². The summed E-state index contributed by atoms with van der Waals surface area (Å²) in [5, 5.41) is 0.630. The van der Waals surface area contributed by atoms with Crippen LogP contribution >= 0.6 is 11.6 Å². The van der Waals surface area contributed by atoms with Crippen LogP contribution in [0.15, 0.2) is 78.9 Å². The Balaban J connectivity index is 1.39. The maximum absolute atomic E-state index is 12.5. The van der Waals surface area contributed by atoms with Crippen molar-refractivity contribution < 1.29 is 23.8 Å². The van der Waals surface area contributed by atoms with Crippen LogP contribution in [0, 0.1) is 0 Å². The first-order valence-corrected chi connectivity index (χ1v) is 13.1. The maximum atomic E-state index is 12.5. The average molecular weight is 521 g/mol. The van der Waals surface area contributed by atoms with E-state index in [4.69, 9.17) is 25.8 Å². The van der Waals surface area contributed by atoms with Gasteiger partial charge in [-0.05, 0) is 72.2 Å². The summed E-state index contributed by atoms with van der Waals surface area (Å²) in [6.45, 7) is 3.06. The summed E-state index contributed by atoms with van der Waals surface area (Å²) in [4.78, 5) is 24.4. The average Bonchev–Trinajstić information content (AvgIpc) is 2.92. The SMILES string of the molecule is CCCCCCCCOc1ccc(C(=O)Oc2ccc(/C=C/C(=O)OCc3ccc(Cl)cc3)cc2)cc1. The Morgan fingerprint density at radius 2 is 1.43 bits per heavy atom. The second kappa shape index (κ2) is 15.5. The summed E-state index contributed by atoms with van der Waals surface area (Å²) < 4.78 is 16.4. The quantitative estimate of drug-likeness (QED) is 0.0930. The highest BCUT2D eigenvalue weighted by molar-refractivity contribution is 6.30. The molecule has 0 aliphatic rings. The second-order valence-electron chi connectivity index (χ2n) is 8.67. The molecule has 194 valence electrons. The van der Waals surface area contributed by atoms with Crippen molar-refractivity contribution in [1.82, 2.24) is 0 Å². The summed E-state index contributed by atoms with van der Waals surface area (Å²) in [5.74, 6) is 0.255. The Kier molecular flexibility index (Phi) is 11.7. The smallest absolute Gasteiger partial charge is 0.343 e. The molecule has 5 nitrogen and oxygen atoms in total. The van der Waals surface area contributed by atoms with E-state index in [2.05, 4.69) is 6.92 Å². The number of benzene rings is 3. The van der Waals surface area contributed by atoms with E-state index < -0.39 is 11.9 Å². The predicted octanol–water partition coefficient (Wildman–Crippen LogP) is 8.06. The number of hydrogen-bond acceptors (Lipinski definition) is 5. The van der Waals surface area contributed by atoms with Crippen LogP contribution in [-0.2, 0) is 16.1 Å². The molecule has 0 aromatic heterocycles. The highest BCUT2D eigenvalue weighted by atomic mass is 35.5. The molecule has 0 atom stereocenters. The van der Waals surface area contributed by atoms with Crippen LogP contribution in [0.1, 0.15) is 66.9 Å². The van der Waals surface area contributed by atoms with Gasteiger partial charge in [0.25, 0.3) is 0 Å². The second-order valence-corrected chi connectivity index (χ2v) is 9.10. The van der Waals surface area contributed by atoms with Crippen LogP contribution in [0.5, 0.6) is 11.5 Å². The molecule has 37 heavy (non-hydrogen) atoms. The molecule has 3 aromatic rings. The normalized spacial score (nSPS) is 10.9. The Morgan fingerprint density at radius 3 is 2.14 bits per heavy atom. The van der Waals surface area contributed by atoms with Crippen molar-refractivity contribution in [3.05, 3.63) is 101 Å². The molecule has 0 saturated heterocycles. The van der Waals surface area contributed by atoms with Crippen molar-refractivity contribution in [1.29, 1.82) is 0 Å². The lowest BCUT2D eigenvalue weighted by molar-refractivity contribution is -0.138. The van der Waals surface area contributed by atoms with Crippen LogP contribution in [0.3, 0.4) is 0 Å². The van der Waals surface area contributed by atoms with E-state index in [-0.39, 0.29) is 6.61 Å². The molecule has 0 bridgehead atoms. The van der Waals surface area contributed by atoms with Gasteiger partial charge < -0.3 is 14.2 Å². The van der Waals surface area contributed by atoms with Gasteiger partial charge >= 0.3 is 11.9 Å². The Bertz CT molecular complexity index is 1140. The van der Waals surface area contributed by atoms with Gasteiger partial charge in [-0.15, -0.1) is 0 Å². The molecule has 0 unspecified atom stereocenters. The lowest BCUT2D eigenvalue weighted by Crippen LogP contribution is -2.08. The van der Waals surface area contributed by atoms with Crippen LogP contribution in [0.4, 0.5) is 0 Å². The van der Waals surface area contributed by atoms with E-state index in [9.17, 15) is 9.59 Å². The summed E-state index contributed by atoms with van der Waals surface area (Å²) in [7, 11) is 0. The number of ether oxygens (including phenoxy) is 3. The molecule has 0 aliphatic carbocycles. The van der Waals surface area contributed by atoms with E-state index in [1.807, 2.05) is 0 Å². The van der Waals surface area contributed by atoms with Crippen LogP contribution in [-0.4, -0.2) is 18.5 Å². The summed E-state index contributed by atoms with van der Waals surface area (Å²) in [5.41, 5.74) is 2.07. The molecule has 0 fully saturated rings. The van der Waals surface area contributed by atoms with Gasteiger partial charge in [0.1, 0.15) is 18.1 Å². The van der Waals surface area contributed by atoms with Crippen LogP contribution < -0.4 is 9.47 Å². The van der Waals surface area contributed by atoms with Gasteiger partial charge in [0.2, 0.25) is 0 Å². The number of halogens is 1. The predicted molar refractivity (Wildman–Crippen MR) is 147 cm³/mol. The van der Waals surface area contributed by atoms with Gasteiger partial charge in [-0.1, -0.05) is 74.9 Å². The molecule has 3 rings (SSSR count). The molecule has 0 radical (unpaired) electrons. The lowest BCUT2D eigenvalue weighted by Gasteiger charge is -2.08. The number of unbranched alkanes of at least 4 members (excludes halogenated alkanes) is 5. The van der Waals surface area contributed by atoms with Gasteiger partial charge in [0, 0.05) is 11.1 Å². The molecule has 0 N–H and O–H groups in total. The van der Waals surface area contributed by atoms with Gasteiger partial charge in [-0.25, -0.2) is 9.59 Å². The number of carbonyl (C=O) groups is 2. The number of carbonyl (C=O) groups excluding carboxylic acids is 2. The van der Waals surface area contributed by atoms with E-state index in [1.165, 1.54) is 38.2 Å². The van der Waals surface area contributed by atoms with E-state index in [1.54, 1.807) is 78.9 Å². The highest BCUT2D eigenvalue weighted by Crippen LogP contribution is 2.18. The fourth-order valence-electron chi connectivity index (χ4n) is 3.52. The highest BCUT2D eigenvalue weighted by Gasteiger charge is 2.09. The van der Waals surface area contributed by atoms with Gasteiger partial charge in [0.15, 0.2) is 0 Å². The first kappa shape index (κ1) is 28.0. The largest absolute Gasteiger partial charge is 0.494 e. The molecule has 0 heterocycles. The lowest BCUT2D eigenvalue weighted by atomic mass is 10.1. The van der Waals surface area contributed by atoms with Gasteiger partial charge in [0.05, 0.1) is 12.2 Å². The minimum atomic E-state index is -0.454. The summed E-state index contributed by atoms with van der Waals surface area (Å²) >= 11 is 5.85. The first-order valence-electron chi connectivity index (χ1n) is 12.7. The van der Waals surface area contributed by atoms with Crippen molar-refractivity contribution in [2.45, 2.75) is 52.1 Å². The van der Waals surface area contributed by atoms with Crippen molar-refractivity contribution in [3.63, 3.8) is 0 Å². The van der Waals surface area contributed by atoms with Gasteiger partial charge in [-0.2, -0.15) is 0 Å². The topological polar surface area (TPSA) is 61.8 Å². The Morgan fingerprint density at radius 1 is 0.784 bits per heavy atom. The van der Waals surface area contributed by atoms with E-state index in [0.717, 1.165) is 23.3 Å². The number of esters is 2. The zero-order valence-electron chi connectivity index (χ0n) is 21.2. The van der Waals surface area contributed by atoms with Crippen molar-refractivity contribution in [2.75, 3.05) is 6.61 Å². The minimum absolute atomic E-state index is 0.168. The molecule has 0 amide bonds. The molecule has 3 aromatic carbocycles. The monoisotopic (exact) mass is 520 g/mol. The fourth-order valence-corrected chi connectivity index (χ4v) is 3.65. The molecule has 0 spiro atoms. The van der Waals surface area contributed by atoms with E-state index in [0.29, 0.717) is 22.9 Å². The summed E-state index contributed by atoms with van der Waals surface area (Å²) in [6.07, 6.45) is 10.3. The fraction of sp³-hybridized carbons (Fsp3) is 0.290. The molecular formula is C31H33ClO5. The third kappa shape index (κ3) is 10.5. The van der Waals surface area contributed by atoms with Crippen molar-refractivity contribution >= 4 is 29.6 Å². The Hall–Kier alpha value is -3.57. The third-order valence-corrected chi connectivity index (χ3v) is 5.91. The zero-order valence-corrected chi connectivity index (χ0v) is 21.9. The van der Waals surface area contributed by atoms with Crippen molar-refractivity contribution in [3.8, 4) is 11.5 Å². The first-order chi connectivity index (χ1) is 18.0. The summed E-state index contributed by atoms with van der Waals surface area (Å²) in [6, 6.07) is 20.9. The number of rotatable bonds is 14. The molecular weight excluding hydrogens is 488 g/mol. The molecule has 0 aliphatic heterocycles. The van der Waals surface area contributed by atoms with Gasteiger partial charge in [-0.3, -0.25) is 0 Å². The van der Waals surface area contributed by atoms with Crippen LogP contribution in [0.25, 0.3) is 6.08 Å². The molecule has 0 saturated carbocycles. The standard InChI is InChI=1S/C31H33ClO5/c1-2-3-4-5-6-7-22-35-28-19-13-26(14-20-28)31(34)37-29-17-10-24(11-18-29)12-21-30(33)36-23-25-8-15-27(32)16-9-25/h8-21H,2-7,22-23H2,1H3/b21-12+. The van der Waals surface area contributed by atoms with E-state index >= 15 is 0 Å².